The number of benzene rings is 2. The number of rotatable bonds is 4. The fourth-order valence-corrected chi connectivity index (χ4v) is 12.0. The Morgan fingerprint density at radius 2 is 1.85 bits per heavy atom. The maximum atomic E-state index is 12.9. The number of nitrogens with one attached hydrogen (secondary N) is 1. The summed E-state index contributed by atoms with van der Waals surface area (Å²) in [5.41, 5.74) is 1.15. The third-order valence-corrected chi connectivity index (χ3v) is 13.6. The number of phenolic OH excluding ortho intramolecular Hbond substituents is 1. The van der Waals surface area contributed by atoms with Crippen molar-refractivity contribution >= 4 is 25.0 Å². The maximum absolute atomic E-state index is 12.9. The van der Waals surface area contributed by atoms with Gasteiger partial charge in [-0.3, -0.25) is 4.90 Å². The van der Waals surface area contributed by atoms with E-state index in [2.05, 4.69) is 4.90 Å². The molecule has 3 aliphatic carbocycles. The molecule has 0 radical (unpaired) electrons. The SMILES string of the molecule is O=S1(=O)C=C(c2ccccc2C2CC[C@@]3(O)[C@H]4Cc5ccc(O)c6c5[C@@]3(CCN4CC3CC3)C2O6)S(=O)(=O)N1. The minimum atomic E-state index is -4.25. The quantitative estimate of drug-likeness (QED) is 0.510. The Balaban J connectivity index is 1.30. The Morgan fingerprint density at radius 1 is 1.05 bits per heavy atom. The van der Waals surface area contributed by atoms with E-state index >= 15 is 0 Å². The standard InChI is InChI=1S/C28H30N2O7S2/c31-21-8-7-17-13-23-28(32)10-9-20(18-3-1-2-4-19(18)22-15-38(33,34)29-39(22,35)36)26-27(28,24(17)25(21)37-26)11-12-30(23)14-16-5-6-16/h1-4,7-8,15-16,20,23,26,29,31-32H,5-6,9-14H2/t20?,23-,26?,27+,28-/m1/s1. The molecule has 2 aromatic carbocycles. The zero-order valence-electron chi connectivity index (χ0n) is 21.2. The number of aliphatic hydroxyl groups is 1. The number of ether oxygens (including phenoxy) is 1. The van der Waals surface area contributed by atoms with Crippen LogP contribution in [0.5, 0.6) is 11.5 Å². The van der Waals surface area contributed by atoms with E-state index in [4.69, 9.17) is 4.74 Å². The predicted octanol–water partition coefficient (Wildman–Crippen LogP) is 2.30. The maximum Gasteiger partial charge on any atom is 0.255 e. The van der Waals surface area contributed by atoms with Gasteiger partial charge in [0.1, 0.15) is 11.0 Å². The van der Waals surface area contributed by atoms with Gasteiger partial charge in [0.25, 0.3) is 10.0 Å². The van der Waals surface area contributed by atoms with Crippen LogP contribution in [0.3, 0.4) is 0 Å². The molecular formula is C28H30N2O7S2. The molecule has 8 rings (SSSR count). The van der Waals surface area contributed by atoms with Gasteiger partial charge >= 0.3 is 0 Å². The lowest BCUT2D eigenvalue weighted by molar-refractivity contribution is -0.190. The van der Waals surface area contributed by atoms with Gasteiger partial charge < -0.3 is 14.9 Å². The second-order valence-electron chi connectivity index (χ2n) is 12.1. The van der Waals surface area contributed by atoms with Crippen molar-refractivity contribution in [2.45, 2.75) is 67.6 Å². The Hall–Kier alpha value is -2.44. The number of sulfonamides is 2. The van der Waals surface area contributed by atoms with Gasteiger partial charge in [0.15, 0.2) is 11.5 Å². The minimum absolute atomic E-state index is 0.0437. The lowest BCUT2D eigenvalue weighted by Gasteiger charge is -2.64. The van der Waals surface area contributed by atoms with E-state index in [1.165, 1.54) is 12.8 Å². The molecular weight excluding hydrogens is 540 g/mol. The van der Waals surface area contributed by atoms with E-state index in [-0.39, 0.29) is 22.6 Å². The van der Waals surface area contributed by atoms with E-state index in [1.807, 2.05) is 18.2 Å². The largest absolute Gasteiger partial charge is 0.504 e. The second kappa shape index (κ2) is 7.64. The van der Waals surface area contributed by atoms with E-state index in [0.717, 1.165) is 29.6 Å². The molecule has 6 aliphatic rings. The third-order valence-electron chi connectivity index (χ3n) is 10.2. The van der Waals surface area contributed by atoms with E-state index in [9.17, 15) is 27.0 Å². The van der Waals surface area contributed by atoms with Gasteiger partial charge in [-0.1, -0.05) is 30.3 Å². The Bertz CT molecular complexity index is 1680. The van der Waals surface area contributed by atoms with Crippen LogP contribution in [-0.2, 0) is 31.9 Å². The van der Waals surface area contributed by atoms with Crippen LogP contribution in [0.15, 0.2) is 41.8 Å². The first-order valence-electron chi connectivity index (χ1n) is 13.6. The van der Waals surface area contributed by atoms with Gasteiger partial charge in [-0.25, -0.2) is 16.8 Å². The summed E-state index contributed by atoms with van der Waals surface area (Å²) >= 11 is 0. The van der Waals surface area contributed by atoms with E-state index in [1.54, 1.807) is 22.3 Å². The van der Waals surface area contributed by atoms with Gasteiger partial charge in [0.05, 0.1) is 16.4 Å². The molecule has 3 aliphatic heterocycles. The van der Waals surface area contributed by atoms with Crippen LogP contribution < -0.4 is 8.86 Å². The molecule has 2 unspecified atom stereocenters. The molecule has 5 atom stereocenters. The van der Waals surface area contributed by atoms with Crippen molar-refractivity contribution < 1.29 is 31.8 Å². The summed E-state index contributed by atoms with van der Waals surface area (Å²) < 4.78 is 58.5. The normalized spacial score (nSPS) is 37.2. The van der Waals surface area contributed by atoms with Gasteiger partial charge in [-0.15, -0.1) is 4.13 Å². The van der Waals surface area contributed by atoms with Crippen LogP contribution >= 0.6 is 0 Å². The molecule has 2 bridgehead atoms. The monoisotopic (exact) mass is 570 g/mol. The highest BCUT2D eigenvalue weighted by atomic mass is 32.3. The summed E-state index contributed by atoms with van der Waals surface area (Å²) in [7, 11) is -8.37. The van der Waals surface area contributed by atoms with Crippen LogP contribution in [0.1, 0.15) is 60.3 Å². The average molecular weight is 571 g/mol. The van der Waals surface area contributed by atoms with Crippen LogP contribution in [0.4, 0.5) is 0 Å². The smallest absolute Gasteiger partial charge is 0.255 e. The van der Waals surface area contributed by atoms with E-state index in [0.29, 0.717) is 48.5 Å². The topological polar surface area (TPSA) is 133 Å². The van der Waals surface area contributed by atoms with Crippen molar-refractivity contribution in [3.63, 3.8) is 0 Å². The number of piperidine rings is 1. The summed E-state index contributed by atoms with van der Waals surface area (Å²) in [4.78, 5) is 2.19. The zero-order valence-corrected chi connectivity index (χ0v) is 22.8. The predicted molar refractivity (Wildman–Crippen MR) is 143 cm³/mol. The summed E-state index contributed by atoms with van der Waals surface area (Å²) in [5, 5.41) is 24.4. The summed E-state index contributed by atoms with van der Waals surface area (Å²) in [6.45, 7) is 1.79. The van der Waals surface area contributed by atoms with Crippen LogP contribution in [0.25, 0.3) is 4.91 Å². The number of aromatic hydroxyl groups is 1. The van der Waals surface area contributed by atoms with Gasteiger partial charge in [-0.05, 0) is 73.7 Å². The third kappa shape index (κ3) is 3.16. The number of hydrogen-bond acceptors (Lipinski definition) is 8. The molecule has 39 heavy (non-hydrogen) atoms. The van der Waals surface area contributed by atoms with Crippen LogP contribution in [0, 0.1) is 5.92 Å². The molecule has 9 nitrogen and oxygen atoms in total. The molecule has 3 heterocycles. The first kappa shape index (κ1) is 24.4. The molecule has 0 aromatic heterocycles. The zero-order chi connectivity index (χ0) is 26.9. The van der Waals surface area contributed by atoms with Crippen molar-refractivity contribution in [1.29, 1.82) is 0 Å². The molecule has 3 N–H and O–H groups in total. The molecule has 0 amide bonds. The van der Waals surface area contributed by atoms with Gasteiger partial charge in [-0.2, -0.15) is 0 Å². The number of phenols is 1. The summed E-state index contributed by atoms with van der Waals surface area (Å²) in [6.07, 6.45) is 4.31. The summed E-state index contributed by atoms with van der Waals surface area (Å²) in [6, 6.07) is 10.5. The van der Waals surface area contributed by atoms with Crippen molar-refractivity contribution in [2.75, 3.05) is 13.1 Å². The van der Waals surface area contributed by atoms with Gasteiger partial charge in [0.2, 0.25) is 10.0 Å². The molecule has 3 fully saturated rings. The summed E-state index contributed by atoms with van der Waals surface area (Å²) in [5.74, 6) is 0.826. The molecule has 1 spiro atoms. The van der Waals surface area contributed by atoms with Gasteiger partial charge in [0, 0.05) is 24.1 Å². The Kier molecular flexibility index (Phi) is 4.77. The second-order valence-corrected chi connectivity index (χ2v) is 15.6. The molecule has 2 aromatic rings. The fourth-order valence-electron chi connectivity index (χ4n) is 8.48. The Morgan fingerprint density at radius 3 is 2.59 bits per heavy atom. The lowest BCUT2D eigenvalue weighted by atomic mass is 9.47. The molecule has 206 valence electrons. The van der Waals surface area contributed by atoms with Crippen LogP contribution in [-0.4, -0.2) is 62.8 Å². The van der Waals surface area contributed by atoms with Crippen molar-refractivity contribution in [2.24, 2.45) is 5.92 Å². The lowest BCUT2D eigenvalue weighted by Crippen LogP contribution is -2.76. The molecule has 11 heteroatoms. The van der Waals surface area contributed by atoms with Crippen molar-refractivity contribution in [3.05, 3.63) is 64.1 Å². The number of nitrogens with zero attached hydrogens (tertiary/aromatic N) is 1. The molecule has 1 saturated heterocycles. The fraction of sp³-hybridized carbons (Fsp3) is 0.500. The first-order valence-corrected chi connectivity index (χ1v) is 16.6. The minimum Gasteiger partial charge on any atom is -0.504 e. The van der Waals surface area contributed by atoms with E-state index < -0.39 is 37.2 Å². The Labute approximate surface area is 227 Å². The molecule has 2 saturated carbocycles. The highest BCUT2D eigenvalue weighted by molar-refractivity contribution is 8.14. The first-order chi connectivity index (χ1) is 18.5. The van der Waals surface area contributed by atoms with Crippen molar-refractivity contribution in [3.8, 4) is 11.5 Å². The highest BCUT2D eigenvalue weighted by Crippen LogP contribution is 2.68. The number of likely N-dealkylation sites (tertiary alicyclic amines) is 1. The van der Waals surface area contributed by atoms with Crippen LogP contribution in [0.2, 0.25) is 0 Å². The van der Waals surface area contributed by atoms with Crippen molar-refractivity contribution in [1.82, 2.24) is 9.03 Å². The highest BCUT2D eigenvalue weighted by Gasteiger charge is 2.73. The average Bonchev–Trinajstić information content (AvgIpc) is 3.57. The number of hydrogen-bond donors (Lipinski definition) is 3.